The van der Waals surface area contributed by atoms with Crippen LogP contribution in [-0.4, -0.2) is 86.8 Å². The van der Waals surface area contributed by atoms with Crippen LogP contribution in [0, 0.1) is 5.82 Å². The summed E-state index contributed by atoms with van der Waals surface area (Å²) < 4.78 is 15.9. The first-order valence-corrected chi connectivity index (χ1v) is 17.5. The number of carbonyl (C=O) groups excluding carboxylic acids is 2. The molecule has 3 heterocycles. The first-order valence-electron chi connectivity index (χ1n) is 15.5. The standard InChI is InChI=1S/C34H36Br2FN7O3/c35-21-29(31(45)41-19-17-40(18-20-41)28-14-8-7-13-26(28)37)44(25-11-5-2-6-12-25)33(47)42-16-15-34(38,30(36)23-42)43-22-27(39-32(43)46)24-9-3-1-4-10-24/h1-14,22,29-30H,15-21,23,38H2,(H,39,46)/t29-,30?,34?/m0/s1. The molecule has 2 unspecified atom stereocenters. The highest BCUT2D eigenvalue weighted by Gasteiger charge is 2.45. The van der Waals surface area contributed by atoms with Crippen LogP contribution in [-0.2, 0) is 10.5 Å². The summed E-state index contributed by atoms with van der Waals surface area (Å²) in [6, 6.07) is 24.1. The summed E-state index contributed by atoms with van der Waals surface area (Å²) in [7, 11) is 0. The molecule has 4 aromatic rings. The number of piperidine rings is 1. The van der Waals surface area contributed by atoms with E-state index in [-0.39, 0.29) is 41.9 Å². The van der Waals surface area contributed by atoms with E-state index in [1.807, 2.05) is 65.6 Å². The molecule has 0 aliphatic carbocycles. The number of rotatable bonds is 7. The molecule has 0 bridgehead atoms. The van der Waals surface area contributed by atoms with Crippen molar-refractivity contribution in [2.24, 2.45) is 5.73 Å². The van der Waals surface area contributed by atoms with E-state index >= 15 is 0 Å². The van der Waals surface area contributed by atoms with Gasteiger partial charge >= 0.3 is 11.7 Å². The predicted molar refractivity (Wildman–Crippen MR) is 189 cm³/mol. The summed E-state index contributed by atoms with van der Waals surface area (Å²) in [5.41, 5.74) is 8.10. The molecule has 13 heteroatoms. The number of benzene rings is 3. The molecule has 0 radical (unpaired) electrons. The van der Waals surface area contributed by atoms with E-state index < -0.39 is 16.5 Å². The van der Waals surface area contributed by atoms with Crippen LogP contribution in [0.15, 0.2) is 95.9 Å². The number of para-hydroxylation sites is 2. The summed E-state index contributed by atoms with van der Waals surface area (Å²) in [6.07, 6.45) is 2.03. The number of imidazole rings is 1. The number of alkyl halides is 2. The number of urea groups is 1. The molecule has 3 N–H and O–H groups in total. The average Bonchev–Trinajstić information content (AvgIpc) is 3.51. The van der Waals surface area contributed by atoms with Crippen molar-refractivity contribution in [3.63, 3.8) is 0 Å². The van der Waals surface area contributed by atoms with E-state index in [1.165, 1.54) is 10.6 Å². The lowest BCUT2D eigenvalue weighted by atomic mass is 9.97. The van der Waals surface area contributed by atoms with Crippen LogP contribution >= 0.6 is 31.9 Å². The molecule has 3 amide bonds. The number of amides is 3. The third-order valence-corrected chi connectivity index (χ3v) is 10.7. The Hall–Kier alpha value is -3.94. The lowest BCUT2D eigenvalue weighted by molar-refractivity contribution is -0.132. The van der Waals surface area contributed by atoms with E-state index in [0.29, 0.717) is 49.7 Å². The summed E-state index contributed by atoms with van der Waals surface area (Å²) in [6.45, 7) is 2.22. The Kier molecular flexibility index (Phi) is 9.85. The summed E-state index contributed by atoms with van der Waals surface area (Å²) >= 11 is 7.24. The molecule has 10 nitrogen and oxygen atoms in total. The lowest BCUT2D eigenvalue weighted by Gasteiger charge is -2.45. The summed E-state index contributed by atoms with van der Waals surface area (Å²) in [5, 5.41) is 0.216. The maximum Gasteiger partial charge on any atom is 0.327 e. The van der Waals surface area contributed by atoms with Crippen LogP contribution in [0.1, 0.15) is 6.42 Å². The number of hydrogen-bond donors (Lipinski definition) is 2. The van der Waals surface area contributed by atoms with Crippen LogP contribution < -0.4 is 21.2 Å². The molecule has 2 fully saturated rings. The summed E-state index contributed by atoms with van der Waals surface area (Å²) in [4.78, 5) is 50.9. The number of carbonyl (C=O) groups is 2. The van der Waals surface area contributed by atoms with Gasteiger partial charge in [-0.2, -0.15) is 0 Å². The maximum absolute atomic E-state index is 14.4. The maximum atomic E-state index is 14.4. The number of halogens is 3. The molecular formula is C34H36Br2FN7O3. The van der Waals surface area contributed by atoms with E-state index in [0.717, 1.165) is 5.56 Å². The monoisotopic (exact) mass is 767 g/mol. The number of nitrogens with two attached hydrogens (primary N) is 1. The van der Waals surface area contributed by atoms with Crippen molar-refractivity contribution in [3.05, 3.63) is 107 Å². The number of aromatic nitrogens is 2. The van der Waals surface area contributed by atoms with Gasteiger partial charge in [0.25, 0.3) is 0 Å². The minimum atomic E-state index is -1.10. The van der Waals surface area contributed by atoms with Gasteiger partial charge in [-0.1, -0.05) is 92.5 Å². The number of hydrogen-bond acceptors (Lipinski definition) is 5. The molecule has 2 aliphatic heterocycles. The zero-order chi connectivity index (χ0) is 33.1. The Morgan fingerprint density at radius 2 is 1.57 bits per heavy atom. The third kappa shape index (κ3) is 6.61. The van der Waals surface area contributed by atoms with Crippen LogP contribution in [0.2, 0.25) is 0 Å². The quantitative estimate of drug-likeness (QED) is 0.263. The van der Waals surface area contributed by atoms with Crippen molar-refractivity contribution < 1.29 is 14.0 Å². The fourth-order valence-corrected chi connectivity index (χ4v) is 7.69. The molecule has 2 saturated heterocycles. The van der Waals surface area contributed by atoms with Gasteiger partial charge in [0, 0.05) is 62.9 Å². The Labute approximate surface area is 289 Å². The van der Waals surface area contributed by atoms with Gasteiger partial charge in [-0.15, -0.1) is 0 Å². The Morgan fingerprint density at radius 3 is 2.21 bits per heavy atom. The largest absolute Gasteiger partial charge is 0.366 e. The summed E-state index contributed by atoms with van der Waals surface area (Å²) in [5.74, 6) is -0.488. The molecule has 47 heavy (non-hydrogen) atoms. The van der Waals surface area contributed by atoms with E-state index in [1.54, 1.807) is 39.1 Å². The van der Waals surface area contributed by atoms with Crippen LogP contribution in [0.4, 0.5) is 20.6 Å². The van der Waals surface area contributed by atoms with Gasteiger partial charge < -0.3 is 25.4 Å². The number of likely N-dealkylation sites (tertiary alicyclic amines) is 1. The highest BCUT2D eigenvalue weighted by Crippen LogP contribution is 2.33. The van der Waals surface area contributed by atoms with Gasteiger partial charge in [0.2, 0.25) is 5.91 Å². The second-order valence-corrected chi connectivity index (χ2v) is 13.5. The smallest absolute Gasteiger partial charge is 0.327 e. The fraction of sp³-hybridized carbons (Fsp3) is 0.324. The number of piperazine rings is 1. The van der Waals surface area contributed by atoms with Gasteiger partial charge in [0.05, 0.1) is 16.2 Å². The van der Waals surface area contributed by atoms with Crippen LogP contribution in [0.25, 0.3) is 11.3 Å². The number of anilines is 2. The number of H-pyrrole nitrogens is 1. The number of nitrogens with one attached hydrogen (secondary N) is 1. The molecule has 6 rings (SSSR count). The molecular weight excluding hydrogens is 733 g/mol. The topological polar surface area (TPSA) is 111 Å². The van der Waals surface area contributed by atoms with Crippen molar-refractivity contribution in [1.29, 1.82) is 0 Å². The SMILES string of the molecule is NC1(n2cc(-c3ccccc3)[nH]c2=O)CCN(C(=O)N(c2ccccc2)[C@@H](CBr)C(=O)N2CCN(c3ccccc3F)CC2)CC1Br. The van der Waals surface area contributed by atoms with Gasteiger partial charge in [-0.25, -0.2) is 14.0 Å². The minimum Gasteiger partial charge on any atom is -0.366 e. The van der Waals surface area contributed by atoms with Crippen LogP contribution in [0.3, 0.4) is 0 Å². The van der Waals surface area contributed by atoms with E-state index in [2.05, 4.69) is 36.8 Å². The average molecular weight is 770 g/mol. The molecule has 0 saturated carbocycles. The van der Waals surface area contributed by atoms with Crippen LogP contribution in [0.5, 0.6) is 0 Å². The van der Waals surface area contributed by atoms with Gasteiger partial charge in [0.15, 0.2) is 0 Å². The molecule has 3 aromatic carbocycles. The van der Waals surface area contributed by atoms with Crippen molar-refractivity contribution in [1.82, 2.24) is 19.4 Å². The molecule has 0 spiro atoms. The van der Waals surface area contributed by atoms with E-state index in [4.69, 9.17) is 5.73 Å². The number of nitrogens with zero attached hydrogens (tertiary/aromatic N) is 5. The highest BCUT2D eigenvalue weighted by atomic mass is 79.9. The Balaban J connectivity index is 1.20. The van der Waals surface area contributed by atoms with Gasteiger partial charge in [-0.3, -0.25) is 14.3 Å². The van der Waals surface area contributed by atoms with Gasteiger partial charge in [0.1, 0.15) is 17.5 Å². The molecule has 246 valence electrons. The predicted octanol–water partition coefficient (Wildman–Crippen LogP) is 4.80. The third-order valence-electron chi connectivity index (χ3n) is 9.00. The first-order chi connectivity index (χ1) is 22.7. The van der Waals surface area contributed by atoms with Crippen molar-refractivity contribution >= 4 is 55.2 Å². The molecule has 2 aliphatic rings. The lowest BCUT2D eigenvalue weighted by Crippen LogP contribution is -2.65. The van der Waals surface area contributed by atoms with Crippen molar-refractivity contribution in [2.45, 2.75) is 23.0 Å². The molecule has 3 atom stereocenters. The van der Waals surface area contributed by atoms with Crippen molar-refractivity contribution in [3.8, 4) is 11.3 Å². The first kappa shape index (κ1) is 33.0. The Bertz CT molecular complexity index is 1760. The highest BCUT2D eigenvalue weighted by molar-refractivity contribution is 9.09. The normalized spacial score (nSPS) is 20.6. The zero-order valence-corrected chi connectivity index (χ0v) is 28.8. The fourth-order valence-electron chi connectivity index (χ4n) is 6.32. The van der Waals surface area contributed by atoms with E-state index in [9.17, 15) is 18.8 Å². The second-order valence-electron chi connectivity index (χ2n) is 11.8. The second kappa shape index (κ2) is 14.0. The molecule has 1 aromatic heterocycles. The number of aromatic amines is 1. The zero-order valence-electron chi connectivity index (χ0n) is 25.6. The minimum absolute atomic E-state index is 0.194. The van der Waals surface area contributed by atoms with Gasteiger partial charge in [-0.05, 0) is 29.8 Å². The Morgan fingerprint density at radius 1 is 0.936 bits per heavy atom. The van der Waals surface area contributed by atoms with Crippen molar-refractivity contribution in [2.75, 3.05) is 54.4 Å².